The van der Waals surface area contributed by atoms with E-state index in [0.717, 1.165) is 26.2 Å². The first-order valence-corrected chi connectivity index (χ1v) is 6.86. The summed E-state index contributed by atoms with van der Waals surface area (Å²) in [5.41, 5.74) is 0. The van der Waals surface area contributed by atoms with Gasteiger partial charge in [0, 0.05) is 26.2 Å². The molecule has 106 valence electrons. The fraction of sp³-hybridized carbons (Fsp3) is 0.833. The van der Waals surface area contributed by atoms with Crippen molar-refractivity contribution in [2.24, 2.45) is 0 Å². The maximum Gasteiger partial charge on any atom is 0.257 e. The highest BCUT2D eigenvalue weighted by atomic mass is 16.5. The quantitative estimate of drug-likeness (QED) is 0.835. The molecule has 0 aliphatic carbocycles. The van der Waals surface area contributed by atoms with Crippen LogP contribution < -0.4 is 5.32 Å². The summed E-state index contributed by atoms with van der Waals surface area (Å²) >= 11 is 0. The summed E-state index contributed by atoms with van der Waals surface area (Å²) in [5, 5.41) is 7.28. The van der Waals surface area contributed by atoms with E-state index < -0.39 is 0 Å². The van der Waals surface area contributed by atoms with E-state index >= 15 is 0 Å². The number of hydrogen-bond donors (Lipinski definition) is 1. The SMILES string of the molecule is CCN1CCOC(c2noc(C3CNCCO3)n2)C1. The van der Waals surface area contributed by atoms with E-state index in [2.05, 4.69) is 27.3 Å². The molecule has 0 saturated carbocycles. The van der Waals surface area contributed by atoms with Crippen LogP contribution in [0.25, 0.3) is 0 Å². The minimum Gasteiger partial charge on any atom is -0.367 e. The van der Waals surface area contributed by atoms with Gasteiger partial charge in [-0.3, -0.25) is 4.90 Å². The van der Waals surface area contributed by atoms with E-state index in [9.17, 15) is 0 Å². The Bertz CT molecular complexity index is 405. The van der Waals surface area contributed by atoms with Crippen LogP contribution in [0.15, 0.2) is 4.52 Å². The number of likely N-dealkylation sites (N-methyl/N-ethyl adjacent to an activating group) is 1. The summed E-state index contributed by atoms with van der Waals surface area (Å²) in [4.78, 5) is 6.75. The molecule has 0 bridgehead atoms. The monoisotopic (exact) mass is 268 g/mol. The van der Waals surface area contributed by atoms with E-state index in [0.29, 0.717) is 31.5 Å². The second-order valence-electron chi connectivity index (χ2n) is 4.81. The van der Waals surface area contributed by atoms with Crippen LogP contribution in [0.3, 0.4) is 0 Å². The summed E-state index contributed by atoms with van der Waals surface area (Å²) in [6.45, 7) is 7.91. The lowest BCUT2D eigenvalue weighted by molar-refractivity contribution is -0.0334. The van der Waals surface area contributed by atoms with Crippen molar-refractivity contribution in [2.45, 2.75) is 19.1 Å². The van der Waals surface area contributed by atoms with Gasteiger partial charge in [0.25, 0.3) is 5.89 Å². The lowest BCUT2D eigenvalue weighted by Crippen LogP contribution is -2.38. The first-order valence-electron chi connectivity index (χ1n) is 6.86. The Morgan fingerprint density at radius 2 is 2.21 bits per heavy atom. The Morgan fingerprint density at radius 3 is 3.00 bits per heavy atom. The number of nitrogens with one attached hydrogen (secondary N) is 1. The average molecular weight is 268 g/mol. The predicted molar refractivity (Wildman–Crippen MR) is 66.7 cm³/mol. The molecule has 1 aromatic rings. The van der Waals surface area contributed by atoms with Crippen molar-refractivity contribution in [3.05, 3.63) is 11.7 Å². The molecule has 3 rings (SSSR count). The zero-order valence-corrected chi connectivity index (χ0v) is 11.2. The van der Waals surface area contributed by atoms with Crippen molar-refractivity contribution < 1.29 is 14.0 Å². The van der Waals surface area contributed by atoms with Crippen LogP contribution >= 0.6 is 0 Å². The van der Waals surface area contributed by atoms with Crippen LogP contribution in [0.5, 0.6) is 0 Å². The van der Waals surface area contributed by atoms with Crippen LogP contribution in [0.4, 0.5) is 0 Å². The predicted octanol–water partition coefficient (Wildman–Crippen LogP) is 0.124. The highest BCUT2D eigenvalue weighted by Crippen LogP contribution is 2.23. The van der Waals surface area contributed by atoms with Crippen molar-refractivity contribution >= 4 is 0 Å². The number of rotatable bonds is 3. The molecule has 0 aromatic carbocycles. The molecule has 7 nitrogen and oxygen atoms in total. The van der Waals surface area contributed by atoms with Gasteiger partial charge >= 0.3 is 0 Å². The first-order chi connectivity index (χ1) is 9.36. The minimum atomic E-state index is -0.138. The van der Waals surface area contributed by atoms with Crippen molar-refractivity contribution in [1.82, 2.24) is 20.4 Å². The molecule has 1 aromatic heterocycles. The standard InChI is InChI=1S/C12H20N4O3/c1-2-16-4-6-18-10(8-16)11-14-12(19-15-11)9-7-13-3-5-17-9/h9-10,13H,2-8H2,1H3. The van der Waals surface area contributed by atoms with Gasteiger partial charge < -0.3 is 19.3 Å². The fourth-order valence-electron chi connectivity index (χ4n) is 2.38. The second-order valence-corrected chi connectivity index (χ2v) is 4.81. The van der Waals surface area contributed by atoms with Gasteiger partial charge in [-0.25, -0.2) is 0 Å². The van der Waals surface area contributed by atoms with Gasteiger partial charge in [-0.15, -0.1) is 0 Å². The molecular weight excluding hydrogens is 248 g/mol. The molecule has 0 radical (unpaired) electrons. The summed E-state index contributed by atoms with van der Waals surface area (Å²) in [7, 11) is 0. The Kier molecular flexibility index (Phi) is 4.07. The van der Waals surface area contributed by atoms with Gasteiger partial charge in [0.2, 0.25) is 5.82 Å². The molecule has 1 N–H and O–H groups in total. The first kappa shape index (κ1) is 13.0. The summed E-state index contributed by atoms with van der Waals surface area (Å²) in [6.07, 6.45) is -0.233. The van der Waals surface area contributed by atoms with E-state index in [1.807, 2.05) is 0 Å². The molecule has 3 heterocycles. The van der Waals surface area contributed by atoms with Gasteiger partial charge in [0.05, 0.1) is 13.2 Å². The number of hydrogen-bond acceptors (Lipinski definition) is 7. The number of aromatic nitrogens is 2. The van der Waals surface area contributed by atoms with Gasteiger partial charge in [-0.2, -0.15) is 4.98 Å². The van der Waals surface area contributed by atoms with Crippen molar-refractivity contribution in [3.8, 4) is 0 Å². The normalized spacial score (nSPS) is 29.5. The van der Waals surface area contributed by atoms with Crippen molar-refractivity contribution in [2.75, 3.05) is 45.9 Å². The van der Waals surface area contributed by atoms with Gasteiger partial charge in [0.1, 0.15) is 12.2 Å². The van der Waals surface area contributed by atoms with Crippen LogP contribution in [0.1, 0.15) is 30.8 Å². The van der Waals surface area contributed by atoms with Crippen LogP contribution in [-0.2, 0) is 9.47 Å². The van der Waals surface area contributed by atoms with Crippen molar-refractivity contribution in [1.29, 1.82) is 0 Å². The second kappa shape index (κ2) is 5.96. The molecule has 2 saturated heterocycles. The Balaban J connectivity index is 1.66. The zero-order chi connectivity index (χ0) is 13.1. The van der Waals surface area contributed by atoms with E-state index in [1.165, 1.54) is 0 Å². The lowest BCUT2D eigenvalue weighted by Gasteiger charge is -2.30. The fourth-order valence-corrected chi connectivity index (χ4v) is 2.38. The third-order valence-electron chi connectivity index (χ3n) is 3.55. The summed E-state index contributed by atoms with van der Waals surface area (Å²) in [5.74, 6) is 1.17. The molecule has 2 aliphatic heterocycles. The molecular formula is C12H20N4O3. The summed E-state index contributed by atoms with van der Waals surface area (Å²) in [6, 6.07) is 0. The van der Waals surface area contributed by atoms with Crippen LogP contribution in [0.2, 0.25) is 0 Å². The highest BCUT2D eigenvalue weighted by Gasteiger charge is 2.28. The Morgan fingerprint density at radius 1 is 1.32 bits per heavy atom. The largest absolute Gasteiger partial charge is 0.367 e. The van der Waals surface area contributed by atoms with Gasteiger partial charge in [-0.05, 0) is 6.54 Å². The highest BCUT2D eigenvalue weighted by molar-refractivity contribution is 4.97. The maximum absolute atomic E-state index is 5.71. The van der Waals surface area contributed by atoms with Gasteiger partial charge in [-0.1, -0.05) is 12.1 Å². The van der Waals surface area contributed by atoms with Crippen LogP contribution in [-0.4, -0.2) is 61.0 Å². The number of ether oxygens (including phenoxy) is 2. The van der Waals surface area contributed by atoms with Gasteiger partial charge in [0.15, 0.2) is 0 Å². The molecule has 2 fully saturated rings. The van der Waals surface area contributed by atoms with E-state index in [-0.39, 0.29) is 12.2 Å². The molecule has 0 amide bonds. The third-order valence-corrected chi connectivity index (χ3v) is 3.55. The average Bonchev–Trinajstić information content (AvgIpc) is 2.98. The Labute approximate surface area is 112 Å². The maximum atomic E-state index is 5.71. The topological polar surface area (TPSA) is 72.7 Å². The number of morpholine rings is 2. The molecule has 7 heteroatoms. The number of nitrogens with zero attached hydrogens (tertiary/aromatic N) is 3. The molecule has 0 spiro atoms. The minimum absolute atomic E-state index is 0.0947. The Hall–Kier alpha value is -1.02. The molecule has 2 aliphatic rings. The smallest absolute Gasteiger partial charge is 0.257 e. The van der Waals surface area contributed by atoms with E-state index in [4.69, 9.17) is 14.0 Å². The molecule has 2 atom stereocenters. The van der Waals surface area contributed by atoms with Crippen molar-refractivity contribution in [3.63, 3.8) is 0 Å². The van der Waals surface area contributed by atoms with Crippen LogP contribution in [0, 0.1) is 0 Å². The molecule has 19 heavy (non-hydrogen) atoms. The summed E-state index contributed by atoms with van der Waals surface area (Å²) < 4.78 is 16.6. The zero-order valence-electron chi connectivity index (χ0n) is 11.2. The van der Waals surface area contributed by atoms with E-state index in [1.54, 1.807) is 0 Å². The molecule has 2 unspecified atom stereocenters. The third kappa shape index (κ3) is 2.94. The lowest BCUT2D eigenvalue weighted by atomic mass is 10.2.